The zero-order chi connectivity index (χ0) is 10.3. The normalized spacial score (nSPS) is 11.0. The molecule has 0 N–H and O–H groups in total. The molecular formula is C12H7ClN2. The number of hydrogen-bond donors (Lipinski definition) is 0. The third-order valence-corrected chi connectivity index (χ3v) is 2.80. The Balaban J connectivity index is 2.60. The number of para-hydroxylation sites is 1. The fourth-order valence-corrected chi connectivity index (χ4v) is 1.98. The molecule has 0 spiro atoms. The Kier molecular flexibility index (Phi) is 1.82. The lowest BCUT2D eigenvalue weighted by Gasteiger charge is -2.03. The molecule has 1 aromatic carbocycles. The molecule has 2 aromatic heterocycles. The number of halogens is 1. The molecule has 2 nitrogen and oxygen atoms in total. The molecule has 3 rings (SSSR count). The van der Waals surface area contributed by atoms with Gasteiger partial charge in [0, 0.05) is 17.0 Å². The molecule has 0 aliphatic rings. The molecule has 0 unspecified atom stereocenters. The van der Waals surface area contributed by atoms with Crippen molar-refractivity contribution in [1.82, 2.24) is 9.97 Å². The third-order valence-electron chi connectivity index (χ3n) is 2.39. The van der Waals surface area contributed by atoms with E-state index in [0.29, 0.717) is 5.65 Å². The van der Waals surface area contributed by atoms with Gasteiger partial charge in [-0.1, -0.05) is 29.8 Å². The van der Waals surface area contributed by atoms with Crippen LogP contribution in [-0.2, 0) is 0 Å². The lowest BCUT2D eigenvalue weighted by atomic mass is 10.2. The van der Waals surface area contributed by atoms with Crippen molar-refractivity contribution in [2.24, 2.45) is 0 Å². The number of aromatic nitrogens is 2. The van der Waals surface area contributed by atoms with Gasteiger partial charge in [-0.2, -0.15) is 0 Å². The number of nitrogens with zero attached hydrogens (tertiary/aromatic N) is 2. The van der Waals surface area contributed by atoms with Crippen molar-refractivity contribution in [1.29, 1.82) is 0 Å². The van der Waals surface area contributed by atoms with Gasteiger partial charge in [0.25, 0.3) is 0 Å². The first-order valence-corrected chi connectivity index (χ1v) is 5.03. The van der Waals surface area contributed by atoms with Crippen molar-refractivity contribution in [2.75, 3.05) is 0 Å². The molecule has 0 saturated carbocycles. The van der Waals surface area contributed by atoms with E-state index >= 15 is 0 Å². The van der Waals surface area contributed by atoms with Crippen LogP contribution in [0.3, 0.4) is 0 Å². The van der Waals surface area contributed by atoms with Crippen LogP contribution < -0.4 is 0 Å². The van der Waals surface area contributed by atoms with E-state index in [4.69, 9.17) is 11.6 Å². The minimum absolute atomic E-state index is 0.696. The average Bonchev–Trinajstić information content (AvgIpc) is 2.30. The van der Waals surface area contributed by atoms with Crippen LogP contribution in [-0.4, -0.2) is 9.97 Å². The van der Waals surface area contributed by atoms with Crippen LogP contribution >= 0.6 is 11.6 Å². The maximum atomic E-state index is 6.29. The van der Waals surface area contributed by atoms with Crippen LogP contribution in [0.2, 0.25) is 5.02 Å². The van der Waals surface area contributed by atoms with Crippen molar-refractivity contribution < 1.29 is 0 Å². The number of pyridine rings is 2. The third kappa shape index (κ3) is 1.26. The summed E-state index contributed by atoms with van der Waals surface area (Å²) in [6.07, 6.45) is 1.72. The van der Waals surface area contributed by atoms with Crippen LogP contribution in [0.15, 0.2) is 42.6 Å². The summed E-state index contributed by atoms with van der Waals surface area (Å²) in [5, 5.41) is 2.60. The van der Waals surface area contributed by atoms with Crippen LogP contribution in [0, 0.1) is 0 Å². The van der Waals surface area contributed by atoms with E-state index in [1.807, 2.05) is 36.4 Å². The molecular weight excluding hydrogens is 208 g/mol. The number of rotatable bonds is 0. The first-order chi connectivity index (χ1) is 7.36. The summed E-state index contributed by atoms with van der Waals surface area (Å²) in [7, 11) is 0. The van der Waals surface area contributed by atoms with Gasteiger partial charge in [0.2, 0.25) is 0 Å². The van der Waals surface area contributed by atoms with Gasteiger partial charge in [-0.05, 0) is 18.2 Å². The lowest BCUT2D eigenvalue weighted by molar-refractivity contribution is 1.33. The molecule has 0 aliphatic heterocycles. The summed E-state index contributed by atoms with van der Waals surface area (Å²) >= 11 is 6.29. The maximum absolute atomic E-state index is 6.29. The van der Waals surface area contributed by atoms with Crippen LogP contribution in [0.4, 0.5) is 0 Å². The molecule has 2 heterocycles. The van der Waals surface area contributed by atoms with Gasteiger partial charge in [-0.25, -0.2) is 9.97 Å². The predicted octanol–water partition coefficient (Wildman–Crippen LogP) is 3.44. The first kappa shape index (κ1) is 8.62. The Morgan fingerprint density at radius 1 is 0.933 bits per heavy atom. The van der Waals surface area contributed by atoms with E-state index in [0.717, 1.165) is 21.3 Å². The standard InChI is InChI=1S/C12H7ClN2/c13-11-8-4-1-2-6-10(8)15-12-9(11)5-3-7-14-12/h1-7H. The van der Waals surface area contributed by atoms with Gasteiger partial charge in [-0.3, -0.25) is 0 Å². The van der Waals surface area contributed by atoms with E-state index < -0.39 is 0 Å². The van der Waals surface area contributed by atoms with Crippen LogP contribution in [0.5, 0.6) is 0 Å². The number of hydrogen-bond acceptors (Lipinski definition) is 2. The summed E-state index contributed by atoms with van der Waals surface area (Å²) in [5.41, 5.74) is 1.58. The van der Waals surface area contributed by atoms with Crippen molar-refractivity contribution in [3.8, 4) is 0 Å². The molecule has 0 aliphatic carbocycles. The van der Waals surface area contributed by atoms with Crippen LogP contribution in [0.25, 0.3) is 21.9 Å². The largest absolute Gasteiger partial charge is 0.237 e. The SMILES string of the molecule is Clc1c2ccccc2nc2ncccc12. The Labute approximate surface area is 91.5 Å². The van der Waals surface area contributed by atoms with Crippen LogP contribution in [0.1, 0.15) is 0 Å². The Hall–Kier alpha value is -1.67. The minimum atomic E-state index is 0.696. The second kappa shape index (κ2) is 3.17. The predicted molar refractivity (Wildman–Crippen MR) is 62.1 cm³/mol. The molecule has 0 amide bonds. The Bertz CT molecular complexity index is 595. The van der Waals surface area contributed by atoms with Crippen molar-refractivity contribution in [3.05, 3.63) is 47.6 Å². The van der Waals surface area contributed by atoms with Crippen molar-refractivity contribution in [3.63, 3.8) is 0 Å². The summed E-state index contributed by atoms with van der Waals surface area (Å²) in [6, 6.07) is 11.6. The smallest absolute Gasteiger partial charge is 0.161 e. The molecule has 0 atom stereocenters. The zero-order valence-electron chi connectivity index (χ0n) is 7.81. The molecule has 0 radical (unpaired) electrons. The Morgan fingerprint density at radius 3 is 2.67 bits per heavy atom. The molecule has 72 valence electrons. The fourth-order valence-electron chi connectivity index (χ4n) is 1.67. The molecule has 15 heavy (non-hydrogen) atoms. The van der Waals surface area contributed by atoms with Gasteiger partial charge in [0.05, 0.1) is 10.5 Å². The molecule has 0 fully saturated rings. The highest BCUT2D eigenvalue weighted by molar-refractivity contribution is 6.40. The summed E-state index contributed by atoms with van der Waals surface area (Å²) < 4.78 is 0. The summed E-state index contributed by atoms with van der Waals surface area (Å²) in [5.74, 6) is 0. The van der Waals surface area contributed by atoms with Gasteiger partial charge < -0.3 is 0 Å². The highest BCUT2D eigenvalue weighted by Gasteiger charge is 2.05. The maximum Gasteiger partial charge on any atom is 0.161 e. The topological polar surface area (TPSA) is 25.8 Å². The second-order valence-electron chi connectivity index (χ2n) is 3.32. The van der Waals surface area contributed by atoms with E-state index in [1.165, 1.54) is 0 Å². The molecule has 3 aromatic rings. The fraction of sp³-hybridized carbons (Fsp3) is 0. The quantitative estimate of drug-likeness (QED) is 0.536. The zero-order valence-corrected chi connectivity index (χ0v) is 8.57. The highest BCUT2D eigenvalue weighted by Crippen LogP contribution is 2.28. The first-order valence-electron chi connectivity index (χ1n) is 4.65. The van der Waals surface area contributed by atoms with E-state index in [2.05, 4.69) is 9.97 Å². The second-order valence-corrected chi connectivity index (χ2v) is 3.70. The van der Waals surface area contributed by atoms with E-state index in [1.54, 1.807) is 6.20 Å². The van der Waals surface area contributed by atoms with Crippen molar-refractivity contribution in [2.45, 2.75) is 0 Å². The molecule has 3 heteroatoms. The Morgan fingerprint density at radius 2 is 1.73 bits per heavy atom. The van der Waals surface area contributed by atoms with E-state index in [9.17, 15) is 0 Å². The van der Waals surface area contributed by atoms with Gasteiger partial charge >= 0.3 is 0 Å². The summed E-state index contributed by atoms with van der Waals surface area (Å²) in [6.45, 7) is 0. The summed E-state index contributed by atoms with van der Waals surface area (Å²) in [4.78, 5) is 8.64. The minimum Gasteiger partial charge on any atom is -0.237 e. The van der Waals surface area contributed by atoms with Gasteiger partial charge in [0.15, 0.2) is 5.65 Å². The van der Waals surface area contributed by atoms with E-state index in [-0.39, 0.29) is 0 Å². The monoisotopic (exact) mass is 214 g/mol. The molecule has 0 saturated heterocycles. The van der Waals surface area contributed by atoms with Crippen molar-refractivity contribution >= 4 is 33.5 Å². The van der Waals surface area contributed by atoms with Gasteiger partial charge in [0.1, 0.15) is 0 Å². The number of fused-ring (bicyclic) bond motifs is 2. The molecule has 0 bridgehead atoms. The highest BCUT2D eigenvalue weighted by atomic mass is 35.5. The number of benzene rings is 1. The lowest BCUT2D eigenvalue weighted by Crippen LogP contribution is -1.86. The average molecular weight is 215 g/mol. The van der Waals surface area contributed by atoms with Gasteiger partial charge in [-0.15, -0.1) is 0 Å².